The van der Waals surface area contributed by atoms with E-state index in [0.29, 0.717) is 6.61 Å². The van der Waals surface area contributed by atoms with Gasteiger partial charge < -0.3 is 20.1 Å². The van der Waals surface area contributed by atoms with Crippen molar-refractivity contribution in [3.05, 3.63) is 0 Å². The monoisotopic (exact) mass is 191 g/mol. The fourth-order valence-electron chi connectivity index (χ4n) is 0.620. The quantitative estimate of drug-likeness (QED) is 0.422. The van der Waals surface area contributed by atoms with Crippen LogP contribution in [0.2, 0.25) is 0 Å². The number of carboxylic acid groups (broad SMARTS) is 1. The topological polar surface area (TPSA) is 72.5 Å². The Kier molecular flexibility index (Phi) is 4.90. The molecule has 3 N–H and O–H groups in total. The van der Waals surface area contributed by atoms with Crippen LogP contribution in [0.3, 0.4) is 0 Å². The van der Waals surface area contributed by atoms with E-state index in [4.69, 9.17) is 15.6 Å². The smallest absolute Gasteiger partial charge is 0.322 e. The molecule has 0 aliphatic heterocycles. The Bertz CT molecular complexity index is 165. The van der Waals surface area contributed by atoms with E-state index in [1.165, 1.54) is 0 Å². The minimum atomic E-state index is -1.02. The average Bonchev–Trinajstić information content (AvgIpc) is 1.95. The zero-order valence-electron chi connectivity index (χ0n) is 8.49. The van der Waals surface area contributed by atoms with Crippen molar-refractivity contribution < 1.29 is 19.1 Å². The summed E-state index contributed by atoms with van der Waals surface area (Å²) in [5.41, 5.74) is 5.24. The molecule has 0 saturated carbocycles. The summed E-state index contributed by atoms with van der Waals surface area (Å²) in [6.07, 6.45) is 0. The van der Waals surface area contributed by atoms with Crippen molar-refractivity contribution in [1.82, 2.24) is 0 Å². The van der Waals surface area contributed by atoms with Crippen molar-refractivity contribution in [3.8, 4) is 0 Å². The molecule has 1 atom stereocenters. The van der Waals surface area contributed by atoms with Crippen molar-refractivity contribution in [2.45, 2.75) is 6.04 Å². The maximum Gasteiger partial charge on any atom is 0.322 e. The molecular weight excluding hydrogens is 172 g/mol. The first kappa shape index (κ1) is 12.3. The molecule has 0 bridgehead atoms. The first-order valence-corrected chi connectivity index (χ1v) is 4.19. The Balaban J connectivity index is 3.41. The summed E-state index contributed by atoms with van der Waals surface area (Å²) in [6, 6.07) is -0.910. The number of carboxylic acids is 1. The Hall–Kier alpha value is -0.650. The fourth-order valence-corrected chi connectivity index (χ4v) is 0.620. The predicted octanol–water partition coefficient (Wildman–Crippen LogP) is -0.879. The summed E-state index contributed by atoms with van der Waals surface area (Å²) in [5.74, 6) is -1.02. The van der Waals surface area contributed by atoms with Gasteiger partial charge in [-0.3, -0.25) is 4.79 Å². The van der Waals surface area contributed by atoms with Gasteiger partial charge in [-0.2, -0.15) is 0 Å². The molecule has 0 aromatic carbocycles. The van der Waals surface area contributed by atoms with E-state index >= 15 is 0 Å². The van der Waals surface area contributed by atoms with E-state index in [0.717, 1.165) is 11.0 Å². The molecule has 0 fully saturated rings. The standard InChI is InChI=1S/C8H18N2O3/c1-10(2,3)4-5-13-6-7(9)8(11)12/h7H,4-6,9H2,1-3H3/p+1/t7-/m0/s1. The van der Waals surface area contributed by atoms with E-state index in [2.05, 4.69) is 0 Å². The SMILES string of the molecule is C[N+](C)(C)CCOC[C@H](N)C(=O)O. The highest BCUT2D eigenvalue weighted by Gasteiger charge is 2.12. The van der Waals surface area contributed by atoms with Gasteiger partial charge in [0.25, 0.3) is 0 Å². The second kappa shape index (κ2) is 5.16. The van der Waals surface area contributed by atoms with Gasteiger partial charge >= 0.3 is 5.97 Å². The van der Waals surface area contributed by atoms with Crippen LogP contribution in [0, 0.1) is 0 Å². The number of quaternary nitrogens is 1. The molecule has 0 heterocycles. The van der Waals surface area contributed by atoms with Gasteiger partial charge in [-0.15, -0.1) is 0 Å². The van der Waals surface area contributed by atoms with Gasteiger partial charge in [-0.1, -0.05) is 0 Å². The molecule has 0 spiro atoms. The summed E-state index contributed by atoms with van der Waals surface area (Å²) in [7, 11) is 6.13. The van der Waals surface area contributed by atoms with Crippen molar-refractivity contribution in [2.75, 3.05) is 40.9 Å². The van der Waals surface area contributed by atoms with E-state index in [-0.39, 0.29) is 6.61 Å². The summed E-state index contributed by atoms with van der Waals surface area (Å²) in [6.45, 7) is 1.45. The summed E-state index contributed by atoms with van der Waals surface area (Å²) in [4.78, 5) is 10.3. The minimum Gasteiger partial charge on any atom is -0.480 e. The Labute approximate surface area is 78.7 Å². The van der Waals surface area contributed by atoms with Gasteiger partial charge in [0.1, 0.15) is 12.6 Å². The predicted molar refractivity (Wildman–Crippen MR) is 49.3 cm³/mol. The van der Waals surface area contributed by atoms with E-state index in [1.54, 1.807) is 0 Å². The number of hydrogen-bond acceptors (Lipinski definition) is 3. The van der Waals surface area contributed by atoms with Crippen molar-refractivity contribution in [1.29, 1.82) is 0 Å². The Morgan fingerprint density at radius 1 is 1.54 bits per heavy atom. The third-order valence-electron chi connectivity index (χ3n) is 1.52. The van der Waals surface area contributed by atoms with Gasteiger partial charge in [0.15, 0.2) is 0 Å². The number of rotatable bonds is 6. The highest BCUT2D eigenvalue weighted by molar-refractivity contribution is 5.73. The molecule has 5 heteroatoms. The van der Waals surface area contributed by atoms with Gasteiger partial charge in [0.05, 0.1) is 34.4 Å². The van der Waals surface area contributed by atoms with Gasteiger partial charge in [0.2, 0.25) is 0 Å². The van der Waals surface area contributed by atoms with Crippen LogP contribution in [-0.4, -0.2) is 62.5 Å². The molecule has 0 radical (unpaired) electrons. The van der Waals surface area contributed by atoms with Crippen LogP contribution in [0.15, 0.2) is 0 Å². The number of ether oxygens (including phenoxy) is 1. The molecule has 0 aromatic heterocycles. The first-order valence-electron chi connectivity index (χ1n) is 4.19. The maximum absolute atomic E-state index is 10.3. The highest BCUT2D eigenvalue weighted by atomic mass is 16.5. The summed E-state index contributed by atoms with van der Waals surface area (Å²) < 4.78 is 5.91. The third kappa shape index (κ3) is 7.70. The van der Waals surface area contributed by atoms with Gasteiger partial charge in [0, 0.05) is 0 Å². The van der Waals surface area contributed by atoms with Crippen molar-refractivity contribution >= 4 is 5.97 Å². The molecule has 0 aliphatic carbocycles. The lowest BCUT2D eigenvalue weighted by atomic mass is 10.3. The lowest BCUT2D eigenvalue weighted by Crippen LogP contribution is -2.39. The van der Waals surface area contributed by atoms with E-state index in [9.17, 15) is 4.79 Å². The van der Waals surface area contributed by atoms with Crippen LogP contribution < -0.4 is 5.73 Å². The minimum absolute atomic E-state index is 0.0787. The van der Waals surface area contributed by atoms with Crippen LogP contribution in [-0.2, 0) is 9.53 Å². The average molecular weight is 191 g/mol. The molecule has 13 heavy (non-hydrogen) atoms. The Morgan fingerprint density at radius 3 is 2.46 bits per heavy atom. The number of nitrogens with two attached hydrogens (primary N) is 1. The number of aliphatic carboxylic acids is 1. The molecular formula is C8H19N2O3+. The highest BCUT2D eigenvalue weighted by Crippen LogP contribution is 1.90. The normalized spacial score (nSPS) is 14.2. The van der Waals surface area contributed by atoms with Crippen molar-refractivity contribution in [2.24, 2.45) is 5.73 Å². The van der Waals surface area contributed by atoms with E-state index < -0.39 is 12.0 Å². The fraction of sp³-hybridized carbons (Fsp3) is 0.875. The molecule has 0 saturated heterocycles. The number of nitrogens with zero attached hydrogens (tertiary/aromatic N) is 1. The van der Waals surface area contributed by atoms with Gasteiger partial charge in [-0.05, 0) is 0 Å². The van der Waals surface area contributed by atoms with Crippen LogP contribution in [0.5, 0.6) is 0 Å². The summed E-state index contributed by atoms with van der Waals surface area (Å²) in [5, 5.41) is 8.43. The van der Waals surface area contributed by atoms with Gasteiger partial charge in [-0.25, -0.2) is 0 Å². The van der Waals surface area contributed by atoms with Crippen LogP contribution in [0.25, 0.3) is 0 Å². The maximum atomic E-state index is 10.3. The molecule has 0 rings (SSSR count). The number of hydrogen-bond donors (Lipinski definition) is 2. The number of carbonyl (C=O) groups is 1. The van der Waals surface area contributed by atoms with Crippen LogP contribution in [0.1, 0.15) is 0 Å². The first-order chi connectivity index (χ1) is 5.83. The van der Waals surface area contributed by atoms with Crippen LogP contribution in [0.4, 0.5) is 0 Å². The lowest BCUT2D eigenvalue weighted by Gasteiger charge is -2.23. The zero-order chi connectivity index (χ0) is 10.5. The van der Waals surface area contributed by atoms with E-state index in [1.807, 2.05) is 21.1 Å². The molecule has 0 unspecified atom stereocenters. The molecule has 0 amide bonds. The lowest BCUT2D eigenvalue weighted by molar-refractivity contribution is -0.870. The molecule has 0 aliphatic rings. The zero-order valence-corrected chi connectivity index (χ0v) is 8.49. The third-order valence-corrected chi connectivity index (χ3v) is 1.52. The Morgan fingerprint density at radius 2 is 2.08 bits per heavy atom. The number of likely N-dealkylation sites (N-methyl/N-ethyl adjacent to an activating group) is 1. The molecule has 5 nitrogen and oxygen atoms in total. The largest absolute Gasteiger partial charge is 0.480 e. The molecule has 78 valence electrons. The second-order valence-corrected chi connectivity index (χ2v) is 4.03. The summed E-state index contributed by atoms with van der Waals surface area (Å²) >= 11 is 0. The molecule has 0 aromatic rings. The van der Waals surface area contributed by atoms with Crippen LogP contribution >= 0.6 is 0 Å². The second-order valence-electron chi connectivity index (χ2n) is 4.03. The van der Waals surface area contributed by atoms with Crippen molar-refractivity contribution in [3.63, 3.8) is 0 Å².